The van der Waals surface area contributed by atoms with E-state index >= 15 is 0 Å². The van der Waals surface area contributed by atoms with Crippen molar-refractivity contribution >= 4 is 39.5 Å². The van der Waals surface area contributed by atoms with Crippen LogP contribution in [0.1, 0.15) is 18.1 Å². The molecule has 7 nitrogen and oxygen atoms in total. The van der Waals surface area contributed by atoms with Crippen LogP contribution in [-0.4, -0.2) is 15.6 Å². The predicted octanol–water partition coefficient (Wildman–Crippen LogP) is 6.79. The Hall–Kier alpha value is -3.75. The topological polar surface area (TPSA) is 89.7 Å². The van der Waals surface area contributed by atoms with Crippen LogP contribution in [0.2, 0.25) is 5.02 Å². The lowest BCUT2D eigenvalue weighted by Crippen LogP contribution is -2.00. The number of anilines is 1. The van der Waals surface area contributed by atoms with Gasteiger partial charge in [-0.1, -0.05) is 35.9 Å². The van der Waals surface area contributed by atoms with Crippen molar-refractivity contribution in [3.63, 3.8) is 0 Å². The van der Waals surface area contributed by atoms with Crippen LogP contribution in [0.5, 0.6) is 5.75 Å². The SMILES string of the molecule is C/C(=N/Nc1nc(-c2cccc([N+](=O)[O-])c2)cs1)c1ccc(OCc2ccc(Cl)cc2)cc1. The van der Waals surface area contributed by atoms with E-state index in [1.165, 1.54) is 23.5 Å². The Morgan fingerprint density at radius 3 is 2.64 bits per heavy atom. The highest BCUT2D eigenvalue weighted by atomic mass is 35.5. The average molecular weight is 479 g/mol. The lowest BCUT2D eigenvalue weighted by molar-refractivity contribution is -0.384. The molecule has 0 unspecified atom stereocenters. The number of thiazole rings is 1. The highest BCUT2D eigenvalue weighted by Crippen LogP contribution is 2.27. The third-order valence-electron chi connectivity index (χ3n) is 4.77. The summed E-state index contributed by atoms with van der Waals surface area (Å²) < 4.78 is 5.81. The molecular formula is C24H19ClN4O3S. The van der Waals surface area contributed by atoms with E-state index in [2.05, 4.69) is 15.5 Å². The van der Waals surface area contributed by atoms with E-state index in [4.69, 9.17) is 16.3 Å². The number of benzene rings is 3. The molecule has 0 amide bonds. The maximum absolute atomic E-state index is 11.0. The summed E-state index contributed by atoms with van der Waals surface area (Å²) >= 11 is 7.28. The summed E-state index contributed by atoms with van der Waals surface area (Å²) in [4.78, 5) is 15.0. The summed E-state index contributed by atoms with van der Waals surface area (Å²) in [5.41, 5.74) is 7.09. The van der Waals surface area contributed by atoms with Crippen molar-refractivity contribution in [3.8, 4) is 17.0 Å². The van der Waals surface area contributed by atoms with Gasteiger partial charge in [0.25, 0.3) is 5.69 Å². The summed E-state index contributed by atoms with van der Waals surface area (Å²) in [5, 5.41) is 18.5. The fraction of sp³-hybridized carbons (Fsp3) is 0.0833. The number of halogens is 1. The van der Waals surface area contributed by atoms with Gasteiger partial charge < -0.3 is 4.74 Å². The molecule has 1 aromatic heterocycles. The van der Waals surface area contributed by atoms with E-state index in [1.807, 2.05) is 60.8 Å². The molecule has 3 aromatic carbocycles. The van der Waals surface area contributed by atoms with Crippen molar-refractivity contribution < 1.29 is 9.66 Å². The first-order valence-electron chi connectivity index (χ1n) is 9.96. The molecule has 33 heavy (non-hydrogen) atoms. The molecule has 4 rings (SSSR count). The van der Waals surface area contributed by atoms with Crippen molar-refractivity contribution in [2.75, 3.05) is 5.43 Å². The summed E-state index contributed by atoms with van der Waals surface area (Å²) in [6.07, 6.45) is 0. The molecule has 1 N–H and O–H groups in total. The number of nitrogens with zero attached hydrogens (tertiary/aromatic N) is 3. The number of ether oxygens (including phenoxy) is 1. The number of nitrogens with one attached hydrogen (secondary N) is 1. The second kappa shape index (κ2) is 10.2. The third-order valence-corrected chi connectivity index (χ3v) is 5.77. The zero-order valence-corrected chi connectivity index (χ0v) is 19.1. The normalized spacial score (nSPS) is 11.3. The Bertz CT molecular complexity index is 1290. The minimum atomic E-state index is -0.420. The van der Waals surface area contributed by atoms with Gasteiger partial charge >= 0.3 is 0 Å². The minimum absolute atomic E-state index is 0.0319. The number of hydrazone groups is 1. The molecule has 0 saturated heterocycles. The molecule has 0 fully saturated rings. The van der Waals surface area contributed by atoms with E-state index in [1.54, 1.807) is 12.1 Å². The first-order chi connectivity index (χ1) is 16.0. The second-order valence-corrected chi connectivity index (χ2v) is 8.39. The number of hydrogen-bond donors (Lipinski definition) is 1. The van der Waals surface area contributed by atoms with Gasteiger partial charge in [-0.05, 0) is 54.4 Å². The van der Waals surface area contributed by atoms with Gasteiger partial charge in [-0.3, -0.25) is 15.5 Å². The Kier molecular flexibility index (Phi) is 6.97. The lowest BCUT2D eigenvalue weighted by Gasteiger charge is -2.08. The molecule has 0 saturated carbocycles. The number of aromatic nitrogens is 1. The van der Waals surface area contributed by atoms with Crippen LogP contribution in [-0.2, 0) is 6.61 Å². The van der Waals surface area contributed by atoms with Crippen molar-refractivity contribution in [1.29, 1.82) is 0 Å². The summed E-state index contributed by atoms with van der Waals surface area (Å²) in [6.45, 7) is 2.35. The van der Waals surface area contributed by atoms with Gasteiger partial charge in [0.15, 0.2) is 0 Å². The van der Waals surface area contributed by atoms with Gasteiger partial charge in [-0.2, -0.15) is 5.10 Å². The molecule has 1 heterocycles. The van der Waals surface area contributed by atoms with Crippen LogP contribution in [0.15, 0.2) is 83.3 Å². The molecule has 0 aliphatic rings. The van der Waals surface area contributed by atoms with E-state index < -0.39 is 4.92 Å². The Morgan fingerprint density at radius 1 is 1.15 bits per heavy atom. The summed E-state index contributed by atoms with van der Waals surface area (Å²) in [7, 11) is 0. The molecule has 0 radical (unpaired) electrons. The van der Waals surface area contributed by atoms with Gasteiger partial charge in [0.05, 0.1) is 16.3 Å². The van der Waals surface area contributed by atoms with Gasteiger partial charge in [-0.15, -0.1) is 11.3 Å². The number of hydrogen-bond acceptors (Lipinski definition) is 7. The zero-order valence-electron chi connectivity index (χ0n) is 17.6. The molecule has 0 bridgehead atoms. The molecular weight excluding hydrogens is 460 g/mol. The van der Waals surface area contributed by atoms with E-state index in [-0.39, 0.29) is 5.69 Å². The first-order valence-corrected chi connectivity index (χ1v) is 11.2. The second-order valence-electron chi connectivity index (χ2n) is 7.09. The van der Waals surface area contributed by atoms with Crippen LogP contribution < -0.4 is 10.2 Å². The first kappa shape index (κ1) is 22.4. The van der Waals surface area contributed by atoms with Gasteiger partial charge in [-0.25, -0.2) is 4.98 Å². The van der Waals surface area contributed by atoms with Crippen molar-refractivity contribution in [1.82, 2.24) is 4.98 Å². The molecule has 9 heteroatoms. The average Bonchev–Trinajstić information content (AvgIpc) is 3.32. The van der Waals surface area contributed by atoms with Crippen LogP contribution >= 0.6 is 22.9 Å². The maximum Gasteiger partial charge on any atom is 0.270 e. The van der Waals surface area contributed by atoms with E-state index in [0.29, 0.717) is 28.0 Å². The van der Waals surface area contributed by atoms with Gasteiger partial charge in [0.1, 0.15) is 12.4 Å². The quantitative estimate of drug-likeness (QED) is 0.171. The van der Waals surface area contributed by atoms with Crippen molar-refractivity contribution in [2.24, 2.45) is 5.10 Å². The Morgan fingerprint density at radius 2 is 1.91 bits per heavy atom. The Balaban J connectivity index is 1.36. The number of rotatable bonds is 8. The minimum Gasteiger partial charge on any atom is -0.489 e. The largest absolute Gasteiger partial charge is 0.489 e. The molecule has 0 atom stereocenters. The molecule has 0 aliphatic heterocycles. The van der Waals surface area contributed by atoms with Crippen molar-refractivity contribution in [2.45, 2.75) is 13.5 Å². The van der Waals surface area contributed by atoms with E-state index in [9.17, 15) is 10.1 Å². The molecule has 0 aliphatic carbocycles. The zero-order chi connectivity index (χ0) is 23.2. The smallest absolute Gasteiger partial charge is 0.270 e. The van der Waals surface area contributed by atoms with Crippen LogP contribution in [0, 0.1) is 10.1 Å². The van der Waals surface area contributed by atoms with Crippen LogP contribution in [0.3, 0.4) is 0 Å². The fourth-order valence-electron chi connectivity index (χ4n) is 2.97. The van der Waals surface area contributed by atoms with Gasteiger partial charge in [0, 0.05) is 28.1 Å². The third kappa shape index (κ3) is 5.94. The van der Waals surface area contributed by atoms with Crippen LogP contribution in [0.25, 0.3) is 11.3 Å². The van der Waals surface area contributed by atoms with Crippen molar-refractivity contribution in [3.05, 3.63) is 104 Å². The maximum atomic E-state index is 11.0. The summed E-state index contributed by atoms with van der Waals surface area (Å²) in [5.74, 6) is 0.760. The highest BCUT2D eigenvalue weighted by molar-refractivity contribution is 7.14. The molecule has 4 aromatic rings. The summed E-state index contributed by atoms with van der Waals surface area (Å²) in [6, 6.07) is 21.6. The fourth-order valence-corrected chi connectivity index (χ4v) is 3.76. The molecule has 0 spiro atoms. The standard InChI is InChI=1S/C24H19ClN4O3S/c1-16(18-7-11-22(12-8-18)32-14-17-5-9-20(25)10-6-17)27-28-24-26-23(15-33-24)19-3-2-4-21(13-19)29(30)31/h2-13,15H,14H2,1H3,(H,26,28)/b27-16-. The predicted molar refractivity (Wildman–Crippen MR) is 132 cm³/mol. The van der Waals surface area contributed by atoms with Crippen LogP contribution in [0.4, 0.5) is 10.8 Å². The number of nitro benzene ring substituents is 1. The Labute approximate surface area is 199 Å². The molecule has 166 valence electrons. The number of nitro groups is 1. The van der Waals surface area contributed by atoms with E-state index in [0.717, 1.165) is 22.6 Å². The highest BCUT2D eigenvalue weighted by Gasteiger charge is 2.10. The van der Waals surface area contributed by atoms with Gasteiger partial charge in [0.2, 0.25) is 5.13 Å². The monoisotopic (exact) mass is 478 g/mol. The number of non-ortho nitro benzene ring substituents is 1. The lowest BCUT2D eigenvalue weighted by atomic mass is 10.1.